The number of hydrogen-bond acceptors (Lipinski definition) is 1. The Morgan fingerprint density at radius 3 is 1.44 bits per heavy atom. The van der Waals surface area contributed by atoms with Crippen molar-refractivity contribution in [3.63, 3.8) is 0 Å². The minimum absolute atomic E-state index is 1.02. The highest BCUT2D eigenvalue weighted by molar-refractivity contribution is 7.02. The molecule has 1 nitrogen and oxygen atoms in total. The molecule has 0 aliphatic carbocycles. The zero-order chi connectivity index (χ0) is 19.5. The smallest absolute Gasteiger partial charge is 0.148 e. The highest BCUT2D eigenvalue weighted by Crippen LogP contribution is 2.24. The molecule has 3 aromatic rings. The van der Waals surface area contributed by atoms with Crippen LogP contribution in [0, 0.1) is 6.92 Å². The first-order valence-electron chi connectivity index (χ1n) is 9.77. The highest BCUT2D eigenvalue weighted by atomic mass is 28.4. The second kappa shape index (κ2) is 7.97. The van der Waals surface area contributed by atoms with E-state index in [1.807, 2.05) is 0 Å². The summed E-state index contributed by atoms with van der Waals surface area (Å²) in [6.45, 7) is 13.3. The molecule has 0 amide bonds. The summed E-state index contributed by atoms with van der Waals surface area (Å²) in [5, 5.41) is 3.02. The van der Waals surface area contributed by atoms with E-state index >= 15 is 0 Å². The summed E-state index contributed by atoms with van der Waals surface area (Å²) in [6, 6.07) is 31.2. The maximum absolute atomic E-state index is 2.91. The van der Waals surface area contributed by atoms with Gasteiger partial charge < -0.3 is 4.23 Å². The van der Waals surface area contributed by atoms with Crippen molar-refractivity contribution in [2.24, 2.45) is 0 Å². The molecule has 140 valence electrons. The second-order valence-corrected chi connectivity index (χ2v) is 17.3. The van der Waals surface area contributed by atoms with Crippen molar-refractivity contribution in [1.82, 2.24) is 4.23 Å². The Hall–Kier alpha value is -1.95. The standard InChI is InChI=1S/C24H31NSi2/c1-21-14-12-13-15-22(21)20-25(26(2,3)23-16-8-6-9-17-23)27(4,5)24-18-10-7-11-19-24/h6-19H,20H2,1-5H3. The Morgan fingerprint density at radius 1 is 0.593 bits per heavy atom. The predicted octanol–water partition coefficient (Wildman–Crippen LogP) is 5.02. The van der Waals surface area contributed by atoms with Gasteiger partial charge >= 0.3 is 0 Å². The molecule has 3 aromatic carbocycles. The molecular formula is C24H31NSi2. The SMILES string of the molecule is Cc1ccccc1CN([Si](C)(C)c1ccccc1)[Si](C)(C)c1ccccc1. The Bertz CT molecular complexity index is 822. The van der Waals surface area contributed by atoms with E-state index in [4.69, 9.17) is 0 Å². The molecule has 0 radical (unpaired) electrons. The van der Waals surface area contributed by atoms with Crippen molar-refractivity contribution >= 4 is 26.8 Å². The van der Waals surface area contributed by atoms with Gasteiger partial charge in [0.15, 0.2) is 0 Å². The van der Waals surface area contributed by atoms with Crippen LogP contribution in [-0.4, -0.2) is 20.7 Å². The Kier molecular flexibility index (Phi) is 5.85. The van der Waals surface area contributed by atoms with Crippen molar-refractivity contribution in [3.05, 3.63) is 96.1 Å². The lowest BCUT2D eigenvalue weighted by Crippen LogP contribution is -2.70. The molecular weight excluding hydrogens is 358 g/mol. The third-order valence-corrected chi connectivity index (χ3v) is 15.8. The molecule has 27 heavy (non-hydrogen) atoms. The van der Waals surface area contributed by atoms with Crippen molar-refractivity contribution in [1.29, 1.82) is 0 Å². The maximum atomic E-state index is 2.91. The Balaban J connectivity index is 2.10. The van der Waals surface area contributed by atoms with Gasteiger partial charge in [-0.3, -0.25) is 0 Å². The molecule has 0 aliphatic rings. The summed E-state index contributed by atoms with van der Waals surface area (Å²) < 4.78 is 2.91. The molecule has 0 aromatic heterocycles. The normalized spacial score (nSPS) is 12.4. The summed E-state index contributed by atoms with van der Waals surface area (Å²) in [4.78, 5) is 0. The summed E-state index contributed by atoms with van der Waals surface area (Å²) >= 11 is 0. The summed E-state index contributed by atoms with van der Waals surface area (Å²) in [7, 11) is -3.68. The van der Waals surface area contributed by atoms with Crippen LogP contribution in [0.4, 0.5) is 0 Å². The molecule has 0 atom stereocenters. The molecule has 0 heterocycles. The highest BCUT2D eigenvalue weighted by Gasteiger charge is 2.42. The van der Waals surface area contributed by atoms with E-state index in [1.165, 1.54) is 21.5 Å². The van der Waals surface area contributed by atoms with Gasteiger partial charge in [0.05, 0.1) is 0 Å². The van der Waals surface area contributed by atoms with Crippen LogP contribution in [0.25, 0.3) is 0 Å². The fourth-order valence-electron chi connectivity index (χ4n) is 4.06. The lowest BCUT2D eigenvalue weighted by molar-refractivity contribution is 0.619. The third-order valence-electron chi connectivity index (χ3n) is 5.90. The molecule has 0 aliphatic heterocycles. The minimum atomic E-state index is -1.84. The number of aryl methyl sites for hydroxylation is 1. The molecule has 0 spiro atoms. The van der Waals surface area contributed by atoms with Gasteiger partial charge in [-0.15, -0.1) is 0 Å². The summed E-state index contributed by atoms with van der Waals surface area (Å²) in [6.07, 6.45) is 0. The Morgan fingerprint density at radius 2 is 1.00 bits per heavy atom. The summed E-state index contributed by atoms with van der Waals surface area (Å²) in [5.74, 6) is 0. The Labute approximate surface area is 166 Å². The zero-order valence-corrected chi connectivity index (χ0v) is 19.2. The monoisotopic (exact) mass is 389 g/mol. The maximum Gasteiger partial charge on any atom is 0.148 e. The van der Waals surface area contributed by atoms with Gasteiger partial charge in [0.25, 0.3) is 0 Å². The molecule has 0 unspecified atom stereocenters. The fourth-order valence-corrected chi connectivity index (χ4v) is 14.2. The van der Waals surface area contributed by atoms with Gasteiger partial charge in [0, 0.05) is 6.54 Å². The first kappa shape index (κ1) is 19.8. The van der Waals surface area contributed by atoms with Crippen LogP contribution in [0.15, 0.2) is 84.9 Å². The van der Waals surface area contributed by atoms with Crippen molar-refractivity contribution < 1.29 is 0 Å². The van der Waals surface area contributed by atoms with Gasteiger partial charge in [-0.1, -0.05) is 111 Å². The second-order valence-electron chi connectivity index (χ2n) is 8.36. The van der Waals surface area contributed by atoms with E-state index in [2.05, 4.69) is 122 Å². The molecule has 0 saturated heterocycles. The average molecular weight is 390 g/mol. The molecule has 3 heteroatoms. The van der Waals surface area contributed by atoms with Crippen LogP contribution in [0.1, 0.15) is 11.1 Å². The van der Waals surface area contributed by atoms with E-state index in [-0.39, 0.29) is 0 Å². The third kappa shape index (κ3) is 4.16. The van der Waals surface area contributed by atoms with E-state index in [1.54, 1.807) is 0 Å². The van der Waals surface area contributed by atoms with Crippen LogP contribution in [0.3, 0.4) is 0 Å². The topological polar surface area (TPSA) is 3.24 Å². The van der Waals surface area contributed by atoms with E-state index in [0.29, 0.717) is 0 Å². The zero-order valence-electron chi connectivity index (χ0n) is 17.2. The van der Waals surface area contributed by atoms with Crippen molar-refractivity contribution in [2.45, 2.75) is 39.7 Å². The lowest BCUT2D eigenvalue weighted by Gasteiger charge is -2.47. The first-order valence-corrected chi connectivity index (χ1v) is 15.7. The molecule has 3 rings (SSSR count). The van der Waals surface area contributed by atoms with Crippen molar-refractivity contribution in [3.8, 4) is 0 Å². The van der Waals surface area contributed by atoms with Crippen LogP contribution in [0.2, 0.25) is 26.2 Å². The van der Waals surface area contributed by atoms with Gasteiger partial charge in [-0.2, -0.15) is 0 Å². The number of hydrogen-bond donors (Lipinski definition) is 0. The van der Waals surface area contributed by atoms with E-state index in [0.717, 1.165) is 6.54 Å². The number of rotatable bonds is 6. The van der Waals surface area contributed by atoms with Gasteiger partial charge in [-0.05, 0) is 28.4 Å². The number of benzene rings is 3. The molecule has 0 fully saturated rings. The molecule has 0 bridgehead atoms. The largest absolute Gasteiger partial charge is 0.335 e. The quantitative estimate of drug-likeness (QED) is 0.535. The minimum Gasteiger partial charge on any atom is -0.335 e. The molecule has 0 saturated carbocycles. The first-order chi connectivity index (χ1) is 12.8. The van der Waals surface area contributed by atoms with Gasteiger partial charge in [-0.25, -0.2) is 0 Å². The van der Waals surface area contributed by atoms with Gasteiger partial charge in [0.2, 0.25) is 0 Å². The fraction of sp³-hybridized carbons (Fsp3) is 0.250. The lowest BCUT2D eigenvalue weighted by atomic mass is 10.1. The van der Waals surface area contributed by atoms with Crippen molar-refractivity contribution in [2.75, 3.05) is 0 Å². The van der Waals surface area contributed by atoms with Crippen LogP contribution >= 0.6 is 0 Å². The van der Waals surface area contributed by atoms with Crippen LogP contribution in [-0.2, 0) is 6.54 Å². The van der Waals surface area contributed by atoms with Crippen LogP contribution in [0.5, 0.6) is 0 Å². The average Bonchev–Trinajstić information content (AvgIpc) is 2.68. The van der Waals surface area contributed by atoms with Crippen LogP contribution < -0.4 is 10.4 Å². The van der Waals surface area contributed by atoms with E-state index in [9.17, 15) is 0 Å². The molecule has 0 N–H and O–H groups in total. The number of nitrogens with zero attached hydrogens (tertiary/aromatic N) is 1. The van der Waals surface area contributed by atoms with Gasteiger partial charge in [0.1, 0.15) is 16.5 Å². The van der Waals surface area contributed by atoms with E-state index < -0.39 is 16.5 Å². The summed E-state index contributed by atoms with van der Waals surface area (Å²) in [5.41, 5.74) is 2.84. The predicted molar refractivity (Wildman–Crippen MR) is 124 cm³/mol.